The van der Waals surface area contributed by atoms with Gasteiger partial charge in [-0.3, -0.25) is 24.0 Å². The number of carbonyl (C=O) groups excluding carboxylic acids is 5. The third-order valence-electron chi connectivity index (χ3n) is 8.83. The van der Waals surface area contributed by atoms with Gasteiger partial charge in [-0.25, -0.2) is 0 Å². The van der Waals surface area contributed by atoms with Gasteiger partial charge in [0.2, 0.25) is 23.6 Å². The molecule has 13 heteroatoms. The van der Waals surface area contributed by atoms with E-state index in [9.17, 15) is 33.9 Å². The first kappa shape index (κ1) is 40.7. The number of hydrogen-bond acceptors (Lipinski definition) is 8. The summed E-state index contributed by atoms with van der Waals surface area (Å²) in [6.45, 7) is 18.3. The number of Topliss-reactive ketones (excluding diaryl/α,β-unsaturated/α-hetero) is 1. The van der Waals surface area contributed by atoms with Crippen molar-refractivity contribution in [2.75, 3.05) is 13.7 Å². The van der Waals surface area contributed by atoms with Gasteiger partial charge in [-0.05, 0) is 63.6 Å². The van der Waals surface area contributed by atoms with Crippen LogP contribution in [0, 0.1) is 17.8 Å². The number of epoxide rings is 1. The van der Waals surface area contributed by atoms with Crippen LogP contribution in [-0.4, -0.2) is 102 Å². The molecule has 0 spiro atoms. The van der Waals surface area contributed by atoms with Crippen LogP contribution in [0.25, 0.3) is 0 Å². The van der Waals surface area contributed by atoms with Crippen molar-refractivity contribution in [1.29, 1.82) is 0 Å². The fraction of sp³-hybridized carbons (Fsp3) is 0.844. The normalized spacial score (nSPS) is 21.0. The third kappa shape index (κ3) is 12.8. The van der Waals surface area contributed by atoms with Gasteiger partial charge < -0.3 is 35.5 Å². The standard InChI is InChI=1S/C32H60N4O8Si/c1-12-20(5)25(34-31(42)27(21(6)13-2)36(9)24(38)16-17-45(10,11)43)29(40)35-26(22(7)37)30(41)33-23(15-14-19(3)4)28(39)32(8)18-44-32/h19-23,25-27,37,43H,12-18H2,1-11H3,(H,33,41)(H,34,42)(H,35,40)/t20-,21-,22+,23-,25-,26-,27-,32+/m0/s1. The molecule has 45 heavy (non-hydrogen) atoms. The van der Waals surface area contributed by atoms with Crippen LogP contribution in [0.2, 0.25) is 19.1 Å². The van der Waals surface area contributed by atoms with Gasteiger partial charge in [0.25, 0.3) is 0 Å². The summed E-state index contributed by atoms with van der Waals surface area (Å²) in [5.74, 6) is -2.69. The number of nitrogens with zero attached hydrogens (tertiary/aromatic N) is 1. The number of amides is 4. The number of hydrogen-bond donors (Lipinski definition) is 5. The summed E-state index contributed by atoms with van der Waals surface area (Å²) in [5.41, 5.74) is -0.957. The summed E-state index contributed by atoms with van der Waals surface area (Å²) in [5, 5.41) is 18.7. The fourth-order valence-corrected chi connectivity index (χ4v) is 5.85. The second-order valence-electron chi connectivity index (χ2n) is 14.2. The molecule has 1 aliphatic rings. The van der Waals surface area contributed by atoms with Gasteiger partial charge in [-0.2, -0.15) is 0 Å². The highest BCUT2D eigenvalue weighted by Gasteiger charge is 2.50. The lowest BCUT2D eigenvalue weighted by Crippen LogP contribution is -2.62. The van der Waals surface area contributed by atoms with Crippen molar-refractivity contribution in [2.45, 2.75) is 143 Å². The van der Waals surface area contributed by atoms with Crippen molar-refractivity contribution in [3.05, 3.63) is 0 Å². The van der Waals surface area contributed by atoms with Crippen LogP contribution < -0.4 is 16.0 Å². The molecular formula is C32H60N4O8Si. The topological polar surface area (TPSA) is 178 Å². The van der Waals surface area contributed by atoms with E-state index < -0.39 is 61.9 Å². The van der Waals surface area contributed by atoms with Crippen molar-refractivity contribution in [3.63, 3.8) is 0 Å². The Labute approximate surface area is 270 Å². The third-order valence-corrected chi connectivity index (χ3v) is 10.3. The molecule has 1 saturated heterocycles. The van der Waals surface area contributed by atoms with Gasteiger partial charge in [0.15, 0.2) is 14.1 Å². The first-order chi connectivity index (χ1) is 20.7. The number of likely N-dealkylation sites (N-methyl/N-ethyl adjacent to an activating group) is 1. The van der Waals surface area contributed by atoms with Crippen molar-refractivity contribution >= 4 is 37.7 Å². The quantitative estimate of drug-likeness (QED) is 0.0977. The average Bonchev–Trinajstić information content (AvgIpc) is 3.71. The lowest BCUT2D eigenvalue weighted by Gasteiger charge is -2.34. The van der Waals surface area contributed by atoms with E-state index in [1.807, 2.05) is 34.6 Å². The van der Waals surface area contributed by atoms with Crippen LogP contribution in [0.4, 0.5) is 0 Å². The molecule has 0 saturated carbocycles. The number of ketones is 1. The Bertz CT molecular complexity index is 1030. The highest BCUT2D eigenvalue weighted by molar-refractivity contribution is 6.69. The van der Waals surface area contributed by atoms with Crippen molar-refractivity contribution < 1.29 is 38.6 Å². The molecule has 0 aromatic heterocycles. The van der Waals surface area contributed by atoms with Crippen molar-refractivity contribution in [2.24, 2.45) is 17.8 Å². The number of aliphatic hydroxyl groups excluding tert-OH is 1. The molecule has 0 unspecified atom stereocenters. The van der Waals surface area contributed by atoms with E-state index in [0.29, 0.717) is 31.7 Å². The van der Waals surface area contributed by atoms with Crippen LogP contribution in [-0.2, 0) is 28.7 Å². The van der Waals surface area contributed by atoms with Crippen LogP contribution in [0.1, 0.15) is 87.5 Å². The van der Waals surface area contributed by atoms with Gasteiger partial charge >= 0.3 is 0 Å². The Kier molecular flexibility index (Phi) is 15.8. The zero-order valence-corrected chi connectivity index (χ0v) is 30.4. The molecule has 1 rings (SSSR count). The lowest BCUT2D eigenvalue weighted by atomic mass is 9.93. The number of ether oxygens (including phenoxy) is 1. The molecule has 260 valence electrons. The van der Waals surface area contributed by atoms with Crippen LogP contribution >= 0.6 is 0 Å². The Balaban J connectivity index is 3.18. The van der Waals surface area contributed by atoms with E-state index in [0.717, 1.165) is 0 Å². The summed E-state index contributed by atoms with van der Waals surface area (Å²) in [6, 6.07) is -3.79. The molecule has 0 aromatic carbocycles. The second kappa shape index (κ2) is 17.5. The molecule has 1 fully saturated rings. The summed E-state index contributed by atoms with van der Waals surface area (Å²) in [7, 11) is -0.914. The highest BCUT2D eigenvalue weighted by atomic mass is 28.4. The number of rotatable bonds is 20. The summed E-state index contributed by atoms with van der Waals surface area (Å²) in [6.07, 6.45) is 0.989. The maximum atomic E-state index is 13.7. The minimum Gasteiger partial charge on any atom is -0.432 e. The molecule has 0 aromatic rings. The van der Waals surface area contributed by atoms with E-state index in [2.05, 4.69) is 16.0 Å². The first-order valence-electron chi connectivity index (χ1n) is 16.4. The summed E-state index contributed by atoms with van der Waals surface area (Å²) < 4.78 is 5.32. The number of carbonyl (C=O) groups is 5. The smallest absolute Gasteiger partial charge is 0.245 e. The van der Waals surface area contributed by atoms with E-state index in [1.54, 1.807) is 34.0 Å². The van der Waals surface area contributed by atoms with E-state index >= 15 is 0 Å². The average molecular weight is 657 g/mol. The van der Waals surface area contributed by atoms with E-state index in [-0.39, 0.29) is 42.5 Å². The zero-order chi connectivity index (χ0) is 34.9. The number of nitrogens with one attached hydrogen (secondary N) is 3. The molecule has 1 aliphatic heterocycles. The summed E-state index contributed by atoms with van der Waals surface area (Å²) >= 11 is 0. The SMILES string of the molecule is CC[C@H](C)[C@H](NC(=O)[C@H]([C@@H](C)CC)N(C)C(=O)CC[Si](C)(C)O)C(=O)N[C@H](C(=O)N[C@@H](CCC(C)C)C(=O)[C@@]1(C)CO1)[C@@H](C)O. The molecule has 0 aliphatic carbocycles. The number of aliphatic hydroxyl groups is 1. The Hall–Kier alpha value is -2.35. The molecule has 1 heterocycles. The van der Waals surface area contributed by atoms with Gasteiger partial charge in [0.05, 0.1) is 18.8 Å². The zero-order valence-electron chi connectivity index (χ0n) is 29.4. The predicted molar refractivity (Wildman–Crippen MR) is 176 cm³/mol. The van der Waals surface area contributed by atoms with Crippen LogP contribution in [0.5, 0.6) is 0 Å². The van der Waals surface area contributed by atoms with E-state index in [1.165, 1.54) is 11.8 Å². The predicted octanol–water partition coefficient (Wildman–Crippen LogP) is 2.12. The van der Waals surface area contributed by atoms with Crippen molar-refractivity contribution in [3.8, 4) is 0 Å². The molecule has 4 amide bonds. The molecule has 5 N–H and O–H groups in total. The highest BCUT2D eigenvalue weighted by Crippen LogP contribution is 2.29. The van der Waals surface area contributed by atoms with E-state index in [4.69, 9.17) is 4.74 Å². The molecular weight excluding hydrogens is 596 g/mol. The van der Waals surface area contributed by atoms with Crippen LogP contribution in [0.3, 0.4) is 0 Å². The first-order valence-corrected chi connectivity index (χ1v) is 19.6. The largest absolute Gasteiger partial charge is 0.432 e. The monoisotopic (exact) mass is 656 g/mol. The Morgan fingerprint density at radius 1 is 0.867 bits per heavy atom. The Morgan fingerprint density at radius 2 is 1.38 bits per heavy atom. The maximum absolute atomic E-state index is 13.7. The van der Waals surface area contributed by atoms with Gasteiger partial charge in [0.1, 0.15) is 23.7 Å². The fourth-order valence-electron chi connectivity index (χ4n) is 5.02. The van der Waals surface area contributed by atoms with Gasteiger partial charge in [-0.15, -0.1) is 0 Å². The molecule has 12 nitrogen and oxygen atoms in total. The van der Waals surface area contributed by atoms with Crippen LogP contribution in [0.15, 0.2) is 0 Å². The molecule has 0 radical (unpaired) electrons. The second-order valence-corrected chi connectivity index (χ2v) is 18.3. The molecule has 0 bridgehead atoms. The van der Waals surface area contributed by atoms with Gasteiger partial charge in [-0.1, -0.05) is 54.4 Å². The lowest BCUT2D eigenvalue weighted by molar-refractivity contribution is -0.142. The Morgan fingerprint density at radius 3 is 1.82 bits per heavy atom. The minimum absolute atomic E-state index is 0.110. The maximum Gasteiger partial charge on any atom is 0.245 e. The summed E-state index contributed by atoms with van der Waals surface area (Å²) in [4.78, 5) is 78.5. The van der Waals surface area contributed by atoms with Crippen molar-refractivity contribution in [1.82, 2.24) is 20.9 Å². The minimum atomic E-state index is -2.47. The molecule has 8 atom stereocenters. The van der Waals surface area contributed by atoms with Gasteiger partial charge in [0, 0.05) is 13.5 Å².